The Kier molecular flexibility index (Phi) is 10.0. The van der Waals surface area contributed by atoms with E-state index in [0.29, 0.717) is 0 Å². The van der Waals surface area contributed by atoms with E-state index in [4.69, 9.17) is 9.97 Å². The summed E-state index contributed by atoms with van der Waals surface area (Å²) in [6.45, 7) is 0. The van der Waals surface area contributed by atoms with E-state index >= 15 is 0 Å². The average Bonchev–Trinajstić information content (AvgIpc) is 1.48. The third kappa shape index (κ3) is 6.42. The Labute approximate surface area is 573 Å². The molecule has 0 saturated heterocycles. The predicted octanol–water partition coefficient (Wildman–Crippen LogP) is 22.7. The van der Waals surface area contributed by atoms with E-state index in [1.54, 1.807) is 0 Å². The second kappa shape index (κ2) is 18.9. The first-order chi connectivity index (χ1) is 49.6. The van der Waals surface area contributed by atoms with Gasteiger partial charge in [-0.25, -0.2) is 9.97 Å². The first-order valence-corrected chi connectivity index (χ1v) is 34.7. The van der Waals surface area contributed by atoms with Crippen LogP contribution in [0.3, 0.4) is 0 Å². The molecular weight excluding hydrogens is 1210 g/mol. The maximum absolute atomic E-state index is 5.77. The molecule has 0 amide bonds. The van der Waals surface area contributed by atoms with Crippen molar-refractivity contribution in [2.75, 3.05) is 0 Å². The first-order valence-electron chi connectivity index (χ1n) is 34.7. The molecule has 0 bridgehead atoms. The second-order valence-corrected chi connectivity index (χ2v) is 27.8. The van der Waals surface area contributed by atoms with Gasteiger partial charge in [0, 0.05) is 43.6 Å². The van der Waals surface area contributed by atoms with Crippen molar-refractivity contribution in [1.82, 2.24) is 28.1 Å². The SMILES string of the molecule is c1ccc(-n2c(-c3ccc4c(c3)-c3ccccc3C43c4ccccc4-n4c5ccccc5c5cccc3c54)nc3cc(-c4ccc5c(c4)-c4ccc(-c6ccc7c8ccccc8n8c9ccccc9nc8c7c6)cc4C54c5ccccc5-n5c6ccccc6c6cccc4c65)ccc32)cc1. The number of hydrogen-bond acceptors (Lipinski definition) is 2. The van der Waals surface area contributed by atoms with Gasteiger partial charge in [-0.1, -0.05) is 237 Å². The van der Waals surface area contributed by atoms with E-state index in [-0.39, 0.29) is 0 Å². The van der Waals surface area contributed by atoms with Gasteiger partial charge in [-0.15, -0.1) is 0 Å². The molecule has 2 atom stereocenters. The zero-order valence-corrected chi connectivity index (χ0v) is 53.9. The minimum absolute atomic E-state index is 0.552. The van der Waals surface area contributed by atoms with Crippen molar-refractivity contribution in [3.8, 4) is 73.0 Å². The molecule has 2 unspecified atom stereocenters. The van der Waals surface area contributed by atoms with Gasteiger partial charge < -0.3 is 9.13 Å². The number of rotatable bonds is 4. The van der Waals surface area contributed by atoms with Crippen molar-refractivity contribution in [2.24, 2.45) is 0 Å². The zero-order valence-electron chi connectivity index (χ0n) is 53.9. The summed E-state index contributed by atoms with van der Waals surface area (Å²) in [7, 11) is 0. The fourth-order valence-electron chi connectivity index (χ4n) is 19.5. The van der Waals surface area contributed by atoms with Crippen molar-refractivity contribution in [1.29, 1.82) is 0 Å². The molecule has 20 aromatic rings. The molecule has 6 nitrogen and oxygen atoms in total. The Bertz CT molecular complexity index is 7110. The Morgan fingerprint density at radius 1 is 0.230 bits per heavy atom. The summed E-state index contributed by atoms with van der Waals surface area (Å²) in [4.78, 5) is 11.1. The highest BCUT2D eigenvalue weighted by Crippen LogP contribution is 2.64. The number of para-hydroxylation sites is 10. The molecule has 100 heavy (non-hydrogen) atoms. The number of pyridine rings is 1. The lowest BCUT2D eigenvalue weighted by Gasteiger charge is -2.39. The standard InChI is InChI=1S/C94H54N6/c1-2-20-60(21-3-1)97-88-49-44-58(54-81(88)96-91(97)59-43-48-73-70(52-59)62-22-4-8-28-72(62)93(73)75-29-9-15-37-85(75)98-82-34-12-6-24-65(82)67-26-18-31-77(93)89(67)98)56-42-47-74-69(50-56)63-46-41-57(55-40-45-61-64-23-5-14-36-84(64)100-87-39-17-11-33-80(87)95-92(100)71(61)51-55)53-79(63)94(74)76-30-10-16-38-86(76)99-83-35-13-7-25-66(83)68-27-19-32-78(94)90(68)99/h1-54H. The fraction of sp³-hybridized carbons (Fsp3) is 0.0213. The topological polar surface area (TPSA) is 45.0 Å². The first kappa shape index (κ1) is 53.0. The number of fused-ring (bicyclic) bond motifs is 33. The molecule has 2 aliphatic carbocycles. The van der Waals surface area contributed by atoms with Crippen LogP contribution in [0.2, 0.25) is 0 Å². The maximum atomic E-state index is 5.77. The summed E-state index contributed by atoms with van der Waals surface area (Å²) in [6.07, 6.45) is 0. The summed E-state index contributed by atoms with van der Waals surface area (Å²) < 4.78 is 9.77. The minimum atomic E-state index is -0.669. The van der Waals surface area contributed by atoms with Gasteiger partial charge >= 0.3 is 0 Å². The normalized spacial score (nSPS) is 15.9. The third-order valence-electron chi connectivity index (χ3n) is 23.3. The molecule has 460 valence electrons. The molecule has 7 heterocycles. The van der Waals surface area contributed by atoms with Crippen molar-refractivity contribution in [3.05, 3.63) is 372 Å². The Hall–Kier alpha value is -13.2. The van der Waals surface area contributed by atoms with Gasteiger partial charge in [-0.3, -0.25) is 8.97 Å². The number of hydrogen-bond donors (Lipinski definition) is 0. The van der Waals surface area contributed by atoms with Gasteiger partial charge in [0.25, 0.3) is 0 Å². The molecule has 2 aliphatic heterocycles. The molecule has 0 radical (unpaired) electrons. The highest BCUT2D eigenvalue weighted by atomic mass is 15.1. The lowest BCUT2D eigenvalue weighted by atomic mass is 9.65. The quantitative estimate of drug-likeness (QED) is 0.165. The molecule has 2 spiro atoms. The Morgan fingerprint density at radius 3 is 1.42 bits per heavy atom. The van der Waals surface area contributed by atoms with Crippen LogP contribution in [0.1, 0.15) is 44.5 Å². The molecule has 6 heteroatoms. The predicted molar refractivity (Wildman–Crippen MR) is 409 cm³/mol. The summed E-state index contributed by atoms with van der Waals surface area (Å²) >= 11 is 0. The van der Waals surface area contributed by atoms with Gasteiger partial charge in [-0.2, -0.15) is 0 Å². The smallest absolute Gasteiger partial charge is 0.146 e. The van der Waals surface area contributed by atoms with Crippen LogP contribution < -0.4 is 0 Å². The van der Waals surface area contributed by atoms with E-state index in [1.165, 1.54) is 133 Å². The lowest BCUT2D eigenvalue weighted by molar-refractivity contribution is 0.748. The van der Waals surface area contributed by atoms with Crippen LogP contribution in [-0.2, 0) is 10.8 Å². The molecule has 5 aromatic heterocycles. The summed E-state index contributed by atoms with van der Waals surface area (Å²) in [5, 5.41) is 8.60. The third-order valence-corrected chi connectivity index (χ3v) is 23.3. The largest absolute Gasteiger partial charge is 0.309 e. The van der Waals surface area contributed by atoms with Crippen LogP contribution in [0.25, 0.3) is 166 Å². The highest BCUT2D eigenvalue weighted by molar-refractivity contribution is 6.17. The van der Waals surface area contributed by atoms with Crippen LogP contribution in [0, 0.1) is 0 Å². The number of aromatic nitrogens is 6. The fourth-order valence-corrected chi connectivity index (χ4v) is 19.5. The van der Waals surface area contributed by atoms with Gasteiger partial charge in [0.15, 0.2) is 0 Å². The maximum Gasteiger partial charge on any atom is 0.146 e. The van der Waals surface area contributed by atoms with Gasteiger partial charge in [0.1, 0.15) is 11.5 Å². The van der Waals surface area contributed by atoms with Crippen molar-refractivity contribution < 1.29 is 0 Å². The van der Waals surface area contributed by atoms with Gasteiger partial charge in [0.05, 0.1) is 71.9 Å². The van der Waals surface area contributed by atoms with Crippen LogP contribution in [0.4, 0.5) is 0 Å². The Balaban J connectivity index is 0.700. The van der Waals surface area contributed by atoms with E-state index in [1.807, 2.05) is 0 Å². The molecule has 0 saturated carbocycles. The van der Waals surface area contributed by atoms with Gasteiger partial charge in [0.2, 0.25) is 0 Å². The van der Waals surface area contributed by atoms with Crippen LogP contribution >= 0.6 is 0 Å². The van der Waals surface area contributed by atoms with Crippen molar-refractivity contribution >= 4 is 93.0 Å². The molecule has 0 fully saturated rings. The summed E-state index contributed by atoms with van der Waals surface area (Å²) in [5.74, 6) is 0.899. The van der Waals surface area contributed by atoms with Gasteiger partial charge in [-0.05, 0) is 185 Å². The molecule has 4 aliphatic rings. The van der Waals surface area contributed by atoms with Crippen LogP contribution in [-0.4, -0.2) is 28.1 Å². The lowest BCUT2D eigenvalue weighted by Crippen LogP contribution is -2.33. The second-order valence-electron chi connectivity index (χ2n) is 27.8. The molecule has 0 N–H and O–H groups in total. The van der Waals surface area contributed by atoms with E-state index in [0.717, 1.165) is 77.9 Å². The van der Waals surface area contributed by atoms with Crippen LogP contribution in [0.15, 0.2) is 328 Å². The van der Waals surface area contributed by atoms with E-state index in [2.05, 4.69) is 346 Å². The monoisotopic (exact) mass is 1270 g/mol. The summed E-state index contributed by atoms with van der Waals surface area (Å²) in [6, 6.07) is 123. The minimum Gasteiger partial charge on any atom is -0.309 e. The number of nitrogens with zero attached hydrogens (tertiary/aromatic N) is 6. The van der Waals surface area contributed by atoms with Crippen LogP contribution in [0.5, 0.6) is 0 Å². The Morgan fingerprint density at radius 2 is 0.710 bits per heavy atom. The van der Waals surface area contributed by atoms with Crippen molar-refractivity contribution in [2.45, 2.75) is 10.8 Å². The molecular formula is C94H54N6. The molecule has 24 rings (SSSR count). The number of imidazole rings is 2. The molecule has 15 aromatic carbocycles. The average molecular weight is 1270 g/mol. The van der Waals surface area contributed by atoms with Crippen molar-refractivity contribution in [3.63, 3.8) is 0 Å². The number of benzene rings is 15. The van der Waals surface area contributed by atoms with E-state index < -0.39 is 10.8 Å². The van der Waals surface area contributed by atoms with E-state index in [9.17, 15) is 0 Å². The zero-order chi connectivity index (χ0) is 64.8. The summed E-state index contributed by atoms with van der Waals surface area (Å²) in [5.41, 5.74) is 34.3. The highest BCUT2D eigenvalue weighted by Gasteiger charge is 2.53.